The predicted molar refractivity (Wildman–Crippen MR) is 132 cm³/mol. The topological polar surface area (TPSA) is 51.1 Å². The lowest BCUT2D eigenvalue weighted by Gasteiger charge is -2.18. The molecule has 2 heterocycles. The summed E-state index contributed by atoms with van der Waals surface area (Å²) >= 11 is 1.43. The minimum absolute atomic E-state index is 0.0161. The highest BCUT2D eigenvalue weighted by Gasteiger charge is 2.33. The molecule has 1 fully saturated rings. The van der Waals surface area contributed by atoms with Crippen LogP contribution in [0, 0.1) is 0 Å². The van der Waals surface area contributed by atoms with Crippen molar-refractivity contribution < 1.29 is 14.3 Å². The molecule has 5 rings (SSSR count). The van der Waals surface area contributed by atoms with Gasteiger partial charge in [0.15, 0.2) is 16.7 Å². The summed E-state index contributed by atoms with van der Waals surface area (Å²) in [7, 11) is 0. The number of thioether (sulfide) groups is 1. The third-order valence-electron chi connectivity index (χ3n) is 5.46. The van der Waals surface area contributed by atoms with Crippen LogP contribution in [0.5, 0.6) is 11.5 Å². The standard InChI is InChI=1S/C27H24N2O3S/c30-26-25(18-22-11-12-23-24(17-22)32-16-15-31-23)33-27(28-19-21-9-5-2-6-10-21)29(26)14-13-20-7-3-1-4-8-20/h1-12,17-18H,13-16,19H2/b25-18-,28-27-. The highest BCUT2D eigenvalue weighted by Crippen LogP contribution is 2.36. The fourth-order valence-corrected chi connectivity index (χ4v) is 4.75. The first-order valence-corrected chi connectivity index (χ1v) is 11.8. The van der Waals surface area contributed by atoms with Crippen molar-refractivity contribution in [3.8, 4) is 11.5 Å². The smallest absolute Gasteiger partial charge is 0.266 e. The SMILES string of the molecule is O=C1/C(=C/c2ccc3c(c2)OCCO3)S/C(=N\Cc2ccccc2)N1CCc1ccccc1. The van der Waals surface area contributed by atoms with Crippen molar-refractivity contribution in [2.75, 3.05) is 19.8 Å². The van der Waals surface area contributed by atoms with E-state index in [2.05, 4.69) is 12.1 Å². The van der Waals surface area contributed by atoms with Crippen molar-refractivity contribution in [2.45, 2.75) is 13.0 Å². The normalized spacial score (nSPS) is 17.7. The average Bonchev–Trinajstić information content (AvgIpc) is 3.16. The second kappa shape index (κ2) is 9.96. The van der Waals surface area contributed by atoms with Gasteiger partial charge in [0.05, 0.1) is 11.4 Å². The lowest BCUT2D eigenvalue weighted by Crippen LogP contribution is -2.31. The molecule has 0 aromatic heterocycles. The first-order valence-electron chi connectivity index (χ1n) is 11.0. The van der Waals surface area contributed by atoms with Crippen LogP contribution in [0.15, 0.2) is 88.8 Å². The van der Waals surface area contributed by atoms with Crippen molar-refractivity contribution >= 4 is 28.9 Å². The second-order valence-electron chi connectivity index (χ2n) is 7.79. The number of amides is 1. The highest BCUT2D eigenvalue weighted by atomic mass is 32.2. The third kappa shape index (κ3) is 5.12. The molecular formula is C27H24N2O3S. The molecule has 0 bridgehead atoms. The Morgan fingerprint density at radius 1 is 0.879 bits per heavy atom. The molecule has 166 valence electrons. The van der Waals surface area contributed by atoms with E-state index in [9.17, 15) is 4.79 Å². The molecular weight excluding hydrogens is 432 g/mol. The molecule has 0 saturated carbocycles. The zero-order valence-corrected chi connectivity index (χ0v) is 19.0. The Morgan fingerprint density at radius 2 is 1.58 bits per heavy atom. The molecule has 0 aliphatic carbocycles. The van der Waals surface area contributed by atoms with Gasteiger partial charge in [0.25, 0.3) is 5.91 Å². The van der Waals surface area contributed by atoms with E-state index in [4.69, 9.17) is 14.5 Å². The Balaban J connectivity index is 1.39. The van der Waals surface area contributed by atoms with Crippen LogP contribution < -0.4 is 9.47 Å². The largest absolute Gasteiger partial charge is 0.486 e. The summed E-state index contributed by atoms with van der Waals surface area (Å²) < 4.78 is 11.3. The zero-order valence-electron chi connectivity index (χ0n) is 18.1. The maximum absolute atomic E-state index is 13.3. The van der Waals surface area contributed by atoms with Crippen LogP contribution in [0.25, 0.3) is 6.08 Å². The van der Waals surface area contributed by atoms with E-state index >= 15 is 0 Å². The van der Waals surface area contributed by atoms with Crippen molar-refractivity contribution in [3.05, 3.63) is 100 Å². The molecule has 0 atom stereocenters. The van der Waals surface area contributed by atoms with Crippen molar-refractivity contribution in [2.24, 2.45) is 4.99 Å². The fourth-order valence-electron chi connectivity index (χ4n) is 3.75. The number of ether oxygens (including phenoxy) is 2. The molecule has 5 nitrogen and oxygen atoms in total. The summed E-state index contributed by atoms with van der Waals surface area (Å²) in [6.45, 7) is 2.21. The Bertz CT molecular complexity index is 1190. The molecule has 6 heteroatoms. The minimum Gasteiger partial charge on any atom is -0.486 e. The molecule has 0 radical (unpaired) electrons. The first-order chi connectivity index (χ1) is 16.3. The van der Waals surface area contributed by atoms with Gasteiger partial charge in [-0.05, 0) is 53.1 Å². The lowest BCUT2D eigenvalue weighted by molar-refractivity contribution is -0.122. The average molecular weight is 457 g/mol. The molecule has 1 saturated heterocycles. The van der Waals surface area contributed by atoms with Gasteiger partial charge in [-0.25, -0.2) is 0 Å². The summed E-state index contributed by atoms with van der Waals surface area (Å²) in [6, 6.07) is 26.1. The number of nitrogens with zero attached hydrogens (tertiary/aromatic N) is 2. The number of amidine groups is 1. The first kappa shape index (κ1) is 21.3. The van der Waals surface area contributed by atoms with Crippen LogP contribution in [0.2, 0.25) is 0 Å². The monoisotopic (exact) mass is 456 g/mol. The fraction of sp³-hybridized carbons (Fsp3) is 0.185. The Kier molecular flexibility index (Phi) is 6.44. The van der Waals surface area contributed by atoms with Crippen molar-refractivity contribution in [1.82, 2.24) is 4.90 Å². The van der Waals surface area contributed by atoms with E-state index in [0.29, 0.717) is 37.0 Å². The van der Waals surface area contributed by atoms with Gasteiger partial charge in [-0.1, -0.05) is 66.7 Å². The van der Waals surface area contributed by atoms with Crippen LogP contribution >= 0.6 is 11.8 Å². The number of rotatable bonds is 6. The Hall–Kier alpha value is -3.51. The quantitative estimate of drug-likeness (QED) is 0.480. The lowest BCUT2D eigenvalue weighted by atomic mass is 10.1. The summed E-state index contributed by atoms with van der Waals surface area (Å²) in [5.74, 6) is 1.44. The molecule has 0 spiro atoms. The van der Waals surface area contributed by atoms with Gasteiger partial charge in [-0.2, -0.15) is 0 Å². The molecule has 0 unspecified atom stereocenters. The number of carbonyl (C=O) groups is 1. The summed E-state index contributed by atoms with van der Waals surface area (Å²) in [4.78, 5) is 20.6. The van der Waals surface area contributed by atoms with E-state index < -0.39 is 0 Å². The van der Waals surface area contributed by atoms with Crippen molar-refractivity contribution in [1.29, 1.82) is 0 Å². The van der Waals surface area contributed by atoms with Gasteiger partial charge in [0, 0.05) is 6.54 Å². The summed E-state index contributed by atoms with van der Waals surface area (Å²) in [6.07, 6.45) is 2.68. The minimum atomic E-state index is -0.0161. The van der Waals surface area contributed by atoms with E-state index in [1.807, 2.05) is 72.8 Å². The number of carbonyl (C=O) groups excluding carboxylic acids is 1. The van der Waals surface area contributed by atoms with Crippen LogP contribution in [0.1, 0.15) is 16.7 Å². The maximum Gasteiger partial charge on any atom is 0.266 e. The van der Waals surface area contributed by atoms with Crippen LogP contribution in [-0.2, 0) is 17.8 Å². The number of aliphatic imine (C=N–C) groups is 1. The predicted octanol–water partition coefficient (Wildman–Crippen LogP) is 5.17. The zero-order chi connectivity index (χ0) is 22.5. The Morgan fingerprint density at radius 3 is 2.33 bits per heavy atom. The Labute approximate surface area is 197 Å². The van der Waals surface area contributed by atoms with Crippen LogP contribution in [0.3, 0.4) is 0 Å². The maximum atomic E-state index is 13.3. The van der Waals surface area contributed by atoms with Gasteiger partial charge in [-0.3, -0.25) is 14.7 Å². The molecule has 0 N–H and O–H groups in total. The van der Waals surface area contributed by atoms with Gasteiger partial charge >= 0.3 is 0 Å². The van der Waals surface area contributed by atoms with Crippen molar-refractivity contribution in [3.63, 3.8) is 0 Å². The van der Waals surface area contributed by atoms with Gasteiger partial charge in [0.2, 0.25) is 0 Å². The number of fused-ring (bicyclic) bond motifs is 1. The summed E-state index contributed by atoms with van der Waals surface area (Å²) in [5.41, 5.74) is 3.22. The number of benzene rings is 3. The van der Waals surface area contributed by atoms with Gasteiger partial charge < -0.3 is 9.47 Å². The summed E-state index contributed by atoms with van der Waals surface area (Å²) in [5, 5.41) is 0.739. The number of hydrogen-bond donors (Lipinski definition) is 0. The van der Waals surface area contributed by atoms with Gasteiger partial charge in [0.1, 0.15) is 13.2 Å². The van der Waals surface area contributed by atoms with Gasteiger partial charge in [-0.15, -0.1) is 0 Å². The number of hydrogen-bond acceptors (Lipinski definition) is 5. The molecule has 3 aromatic rings. The van der Waals surface area contributed by atoms with E-state index in [-0.39, 0.29) is 5.91 Å². The van der Waals surface area contributed by atoms with E-state index in [1.165, 1.54) is 17.3 Å². The second-order valence-corrected chi connectivity index (χ2v) is 8.80. The van der Waals surface area contributed by atoms with E-state index in [1.54, 1.807) is 4.90 Å². The molecule has 1 amide bonds. The van der Waals surface area contributed by atoms with Crippen LogP contribution in [-0.4, -0.2) is 35.7 Å². The molecule has 3 aromatic carbocycles. The van der Waals surface area contributed by atoms with Crippen LogP contribution in [0.4, 0.5) is 0 Å². The molecule has 2 aliphatic heterocycles. The molecule has 2 aliphatic rings. The molecule has 33 heavy (non-hydrogen) atoms. The highest BCUT2D eigenvalue weighted by molar-refractivity contribution is 8.18. The van der Waals surface area contributed by atoms with E-state index in [0.717, 1.165) is 28.5 Å². The third-order valence-corrected chi connectivity index (χ3v) is 6.50.